The normalized spacial score (nSPS) is 11.3. The fraction of sp³-hybridized carbons (Fsp3) is 0.588. The summed E-state index contributed by atoms with van der Waals surface area (Å²) in [6.45, 7) is 4.01. The third kappa shape index (κ3) is 11.4. The molecule has 3 aromatic rings. The number of nitrogens with one attached hydrogen (secondary N) is 1. The lowest BCUT2D eigenvalue weighted by atomic mass is 10.0. The highest BCUT2D eigenvalue weighted by atomic mass is 16.1. The van der Waals surface area contributed by atoms with Crippen LogP contribution in [0.4, 0.5) is 0 Å². The molecule has 1 amide bonds. The van der Waals surface area contributed by atoms with E-state index in [1.54, 1.807) is 0 Å². The van der Waals surface area contributed by atoms with Gasteiger partial charge in [0.15, 0.2) is 0 Å². The molecule has 2 aromatic carbocycles. The van der Waals surface area contributed by atoms with Crippen molar-refractivity contribution >= 4 is 16.9 Å². The summed E-state index contributed by atoms with van der Waals surface area (Å²) >= 11 is 0. The smallest absolute Gasteiger partial charge is 0.224 e. The van der Waals surface area contributed by atoms with Crippen LogP contribution in [0.1, 0.15) is 115 Å². The van der Waals surface area contributed by atoms with Crippen LogP contribution in [0.3, 0.4) is 0 Å². The van der Waals surface area contributed by atoms with Gasteiger partial charge in [-0.25, -0.2) is 4.98 Å². The van der Waals surface area contributed by atoms with Crippen LogP contribution >= 0.6 is 0 Å². The van der Waals surface area contributed by atoms with E-state index in [-0.39, 0.29) is 5.91 Å². The van der Waals surface area contributed by atoms with Crippen molar-refractivity contribution in [2.24, 2.45) is 0 Å². The van der Waals surface area contributed by atoms with E-state index in [9.17, 15) is 4.79 Å². The largest absolute Gasteiger partial charge is 0.356 e. The highest BCUT2D eigenvalue weighted by Crippen LogP contribution is 2.19. The summed E-state index contributed by atoms with van der Waals surface area (Å²) in [5.41, 5.74) is 3.38. The molecule has 0 fully saturated rings. The Morgan fingerprint density at radius 3 is 1.95 bits per heavy atom. The lowest BCUT2D eigenvalue weighted by Gasteiger charge is -2.10. The Balaban J connectivity index is 1.30. The number of nitrogens with zero attached hydrogens (tertiary/aromatic N) is 2. The van der Waals surface area contributed by atoms with Gasteiger partial charge in [-0.15, -0.1) is 0 Å². The number of benzene rings is 2. The van der Waals surface area contributed by atoms with E-state index in [1.165, 1.54) is 95.4 Å². The topological polar surface area (TPSA) is 46.9 Å². The molecular formula is C34H51N3O. The molecule has 1 heterocycles. The highest BCUT2D eigenvalue weighted by Gasteiger charge is 2.10. The highest BCUT2D eigenvalue weighted by molar-refractivity contribution is 5.78. The average molecular weight is 518 g/mol. The van der Waals surface area contributed by atoms with Crippen molar-refractivity contribution < 1.29 is 4.79 Å². The molecular weight excluding hydrogens is 466 g/mol. The maximum atomic E-state index is 12.3. The Kier molecular flexibility index (Phi) is 14.7. The summed E-state index contributed by atoms with van der Waals surface area (Å²) < 4.78 is 2.42. The summed E-state index contributed by atoms with van der Waals surface area (Å²) in [6.07, 6.45) is 21.6. The number of para-hydroxylation sites is 2. The maximum absolute atomic E-state index is 12.3. The van der Waals surface area contributed by atoms with Gasteiger partial charge in [0.05, 0.1) is 17.5 Å². The van der Waals surface area contributed by atoms with Crippen LogP contribution in [0.5, 0.6) is 0 Å². The number of fused-ring (bicyclic) bond motifs is 1. The quantitative estimate of drug-likeness (QED) is 0.143. The molecule has 0 saturated carbocycles. The molecule has 0 spiro atoms. The molecule has 0 atom stereocenters. The van der Waals surface area contributed by atoms with Gasteiger partial charge in [-0.05, 0) is 30.5 Å². The second-order valence-electron chi connectivity index (χ2n) is 10.9. The number of unbranched alkanes of at least 4 members (excludes halogenated alkanes) is 13. The Morgan fingerprint density at radius 1 is 0.711 bits per heavy atom. The minimum Gasteiger partial charge on any atom is -0.356 e. The van der Waals surface area contributed by atoms with E-state index in [0.717, 1.165) is 36.3 Å². The molecule has 0 aliphatic carbocycles. The zero-order chi connectivity index (χ0) is 26.7. The number of hydrogen-bond acceptors (Lipinski definition) is 2. The van der Waals surface area contributed by atoms with Gasteiger partial charge in [0.25, 0.3) is 0 Å². The van der Waals surface area contributed by atoms with Crippen LogP contribution in [0.15, 0.2) is 54.6 Å². The minimum atomic E-state index is 0.0899. The molecule has 0 saturated heterocycles. The summed E-state index contributed by atoms with van der Waals surface area (Å²) in [5.74, 6) is 1.24. The predicted molar refractivity (Wildman–Crippen MR) is 162 cm³/mol. The molecule has 1 aromatic heterocycles. The number of hydrogen-bond donors (Lipinski definition) is 1. The number of imidazole rings is 1. The fourth-order valence-corrected chi connectivity index (χ4v) is 5.35. The molecule has 1 N–H and O–H groups in total. The lowest BCUT2D eigenvalue weighted by Crippen LogP contribution is -2.26. The summed E-state index contributed by atoms with van der Waals surface area (Å²) in [5, 5.41) is 3.08. The van der Waals surface area contributed by atoms with Crippen molar-refractivity contribution in [1.82, 2.24) is 14.9 Å². The van der Waals surface area contributed by atoms with Crippen LogP contribution in [-0.4, -0.2) is 22.0 Å². The van der Waals surface area contributed by atoms with Crippen LogP contribution in [-0.2, 0) is 24.2 Å². The van der Waals surface area contributed by atoms with Crippen molar-refractivity contribution in [2.75, 3.05) is 6.54 Å². The third-order valence-electron chi connectivity index (χ3n) is 7.58. The van der Waals surface area contributed by atoms with Gasteiger partial charge in [-0.2, -0.15) is 0 Å². The van der Waals surface area contributed by atoms with E-state index < -0.39 is 0 Å². The van der Waals surface area contributed by atoms with Gasteiger partial charge in [0.1, 0.15) is 5.82 Å². The van der Waals surface area contributed by atoms with Crippen molar-refractivity contribution in [3.63, 3.8) is 0 Å². The second kappa shape index (κ2) is 18.6. The SMILES string of the molecule is CCCCCCCCCCCCCCCCn1c(CCCNC(=O)Cc2ccccc2)nc2ccccc21. The van der Waals surface area contributed by atoms with Crippen LogP contribution < -0.4 is 5.32 Å². The van der Waals surface area contributed by atoms with Gasteiger partial charge in [-0.1, -0.05) is 133 Å². The Labute approximate surface area is 231 Å². The van der Waals surface area contributed by atoms with E-state index in [2.05, 4.69) is 41.1 Å². The average Bonchev–Trinajstić information content (AvgIpc) is 3.29. The lowest BCUT2D eigenvalue weighted by molar-refractivity contribution is -0.120. The molecule has 0 aliphatic heterocycles. The van der Waals surface area contributed by atoms with Gasteiger partial charge < -0.3 is 9.88 Å². The van der Waals surface area contributed by atoms with Gasteiger partial charge in [0.2, 0.25) is 5.91 Å². The van der Waals surface area contributed by atoms with Crippen molar-refractivity contribution in [3.05, 3.63) is 66.0 Å². The zero-order valence-corrected chi connectivity index (χ0v) is 23.9. The van der Waals surface area contributed by atoms with Crippen LogP contribution in [0, 0.1) is 0 Å². The van der Waals surface area contributed by atoms with E-state index in [4.69, 9.17) is 4.98 Å². The van der Waals surface area contributed by atoms with Crippen molar-refractivity contribution in [1.29, 1.82) is 0 Å². The summed E-state index contributed by atoms with van der Waals surface area (Å²) in [6, 6.07) is 18.4. The molecule has 0 unspecified atom stereocenters. The van der Waals surface area contributed by atoms with Crippen LogP contribution in [0.2, 0.25) is 0 Å². The number of rotatable bonds is 21. The first-order valence-electron chi connectivity index (χ1n) is 15.5. The molecule has 0 bridgehead atoms. The minimum absolute atomic E-state index is 0.0899. The van der Waals surface area contributed by atoms with Gasteiger partial charge in [-0.3, -0.25) is 4.79 Å². The standard InChI is InChI=1S/C34H51N3O/c1-2-3-4-5-6-7-8-9-10-11-12-13-14-20-28-37-32-25-19-18-24-31(32)36-33(37)26-21-27-35-34(38)29-30-22-16-15-17-23-30/h15-19,22-25H,2-14,20-21,26-29H2,1H3,(H,35,38). The van der Waals surface area contributed by atoms with Gasteiger partial charge >= 0.3 is 0 Å². The van der Waals surface area contributed by atoms with Gasteiger partial charge in [0, 0.05) is 19.5 Å². The summed E-state index contributed by atoms with van der Waals surface area (Å²) in [7, 11) is 0. The van der Waals surface area contributed by atoms with E-state index >= 15 is 0 Å². The predicted octanol–water partition coefficient (Wildman–Crippen LogP) is 8.81. The molecule has 0 aliphatic rings. The number of carbonyl (C=O) groups is 1. The molecule has 4 nitrogen and oxygen atoms in total. The Hall–Kier alpha value is -2.62. The third-order valence-corrected chi connectivity index (χ3v) is 7.58. The molecule has 0 radical (unpaired) electrons. The van der Waals surface area contributed by atoms with E-state index in [1.807, 2.05) is 30.3 Å². The summed E-state index contributed by atoms with van der Waals surface area (Å²) in [4.78, 5) is 17.2. The molecule has 4 heteroatoms. The number of aryl methyl sites for hydroxylation is 2. The number of amides is 1. The first kappa shape index (κ1) is 29.9. The van der Waals surface area contributed by atoms with Crippen molar-refractivity contribution in [2.45, 2.75) is 123 Å². The molecule has 3 rings (SSSR count). The second-order valence-corrected chi connectivity index (χ2v) is 10.9. The number of aromatic nitrogens is 2. The van der Waals surface area contributed by atoms with Crippen molar-refractivity contribution in [3.8, 4) is 0 Å². The Morgan fingerprint density at radius 2 is 1.29 bits per heavy atom. The molecule has 38 heavy (non-hydrogen) atoms. The zero-order valence-electron chi connectivity index (χ0n) is 23.9. The molecule has 208 valence electrons. The Bertz CT molecular complexity index is 1030. The maximum Gasteiger partial charge on any atom is 0.224 e. The number of carbonyl (C=O) groups excluding carboxylic acids is 1. The monoisotopic (exact) mass is 517 g/mol. The fourth-order valence-electron chi connectivity index (χ4n) is 5.35. The van der Waals surface area contributed by atoms with Crippen LogP contribution in [0.25, 0.3) is 11.0 Å². The van der Waals surface area contributed by atoms with E-state index in [0.29, 0.717) is 13.0 Å². The first-order valence-corrected chi connectivity index (χ1v) is 15.5. The first-order chi connectivity index (χ1) is 18.8.